The van der Waals surface area contributed by atoms with Crippen LogP contribution in [0.5, 0.6) is 0 Å². The molecule has 2 aliphatic rings. The van der Waals surface area contributed by atoms with E-state index in [-0.39, 0.29) is 23.1 Å². The fourth-order valence-electron chi connectivity index (χ4n) is 4.07. The molecule has 4 rings (SSSR count). The van der Waals surface area contributed by atoms with E-state index in [4.69, 9.17) is 0 Å². The van der Waals surface area contributed by atoms with Crippen molar-refractivity contribution in [1.82, 2.24) is 29.4 Å². The minimum Gasteiger partial charge on any atom is -0.342 e. The Bertz CT molecular complexity index is 785. The van der Waals surface area contributed by atoms with Crippen molar-refractivity contribution in [3.05, 3.63) is 24.3 Å². The first-order valence-electron chi connectivity index (χ1n) is 8.85. The largest absolute Gasteiger partial charge is 0.342 e. The SMILES string of the molecule is CCN1CC2(CCCN(C(=O)c3nc4ncccn4n3)C2)CCC1=O. The number of rotatable bonds is 2. The highest BCUT2D eigenvalue weighted by Gasteiger charge is 2.42. The van der Waals surface area contributed by atoms with Gasteiger partial charge in [-0.25, -0.2) is 9.50 Å². The number of amides is 2. The summed E-state index contributed by atoms with van der Waals surface area (Å²) >= 11 is 0. The maximum Gasteiger partial charge on any atom is 0.293 e. The van der Waals surface area contributed by atoms with Crippen LogP contribution in [0.3, 0.4) is 0 Å². The lowest BCUT2D eigenvalue weighted by molar-refractivity contribution is -0.138. The molecule has 2 aromatic rings. The van der Waals surface area contributed by atoms with E-state index in [1.54, 1.807) is 18.5 Å². The van der Waals surface area contributed by atoms with Gasteiger partial charge in [0.2, 0.25) is 11.7 Å². The van der Waals surface area contributed by atoms with E-state index >= 15 is 0 Å². The van der Waals surface area contributed by atoms with E-state index in [1.807, 2.05) is 16.7 Å². The molecule has 2 aromatic heterocycles. The summed E-state index contributed by atoms with van der Waals surface area (Å²) in [5.74, 6) is 0.696. The monoisotopic (exact) mass is 342 g/mol. The van der Waals surface area contributed by atoms with Gasteiger partial charge in [-0.05, 0) is 32.3 Å². The lowest BCUT2D eigenvalue weighted by atomic mass is 9.73. The summed E-state index contributed by atoms with van der Waals surface area (Å²) < 4.78 is 1.52. The Morgan fingerprint density at radius 3 is 3.00 bits per heavy atom. The van der Waals surface area contributed by atoms with Crippen LogP contribution >= 0.6 is 0 Å². The zero-order valence-corrected chi connectivity index (χ0v) is 14.4. The first-order valence-corrected chi connectivity index (χ1v) is 8.85. The highest BCUT2D eigenvalue weighted by atomic mass is 16.2. The third-order valence-corrected chi connectivity index (χ3v) is 5.39. The number of aromatic nitrogens is 4. The van der Waals surface area contributed by atoms with Gasteiger partial charge >= 0.3 is 0 Å². The molecule has 2 aliphatic heterocycles. The normalized spacial score (nSPS) is 24.3. The predicted octanol–water partition coefficient (Wildman–Crippen LogP) is 0.989. The second-order valence-electron chi connectivity index (χ2n) is 7.04. The molecule has 1 spiro atoms. The molecule has 0 N–H and O–H groups in total. The average molecular weight is 342 g/mol. The molecule has 8 heteroatoms. The van der Waals surface area contributed by atoms with Crippen molar-refractivity contribution in [2.75, 3.05) is 26.2 Å². The molecule has 2 amide bonds. The molecular weight excluding hydrogens is 320 g/mol. The van der Waals surface area contributed by atoms with Gasteiger partial charge in [0.15, 0.2) is 0 Å². The molecule has 132 valence electrons. The van der Waals surface area contributed by atoms with Crippen molar-refractivity contribution in [2.45, 2.75) is 32.6 Å². The number of nitrogens with zero attached hydrogens (tertiary/aromatic N) is 6. The zero-order valence-electron chi connectivity index (χ0n) is 14.4. The van der Waals surface area contributed by atoms with Gasteiger partial charge in [0.25, 0.3) is 11.7 Å². The van der Waals surface area contributed by atoms with Crippen LogP contribution in [0.15, 0.2) is 18.5 Å². The van der Waals surface area contributed by atoms with Crippen LogP contribution in [0, 0.1) is 5.41 Å². The Balaban J connectivity index is 1.54. The standard InChI is InChI=1S/C17H22N6O2/c1-2-21-11-17(7-5-13(21)24)6-3-9-22(12-17)15(25)14-19-16-18-8-4-10-23(16)20-14/h4,8,10H,2-3,5-7,9,11-12H2,1H3. The van der Waals surface area contributed by atoms with Crippen LogP contribution in [0.4, 0.5) is 0 Å². The number of likely N-dealkylation sites (tertiary alicyclic amines) is 2. The van der Waals surface area contributed by atoms with E-state index in [2.05, 4.69) is 15.1 Å². The minimum absolute atomic E-state index is 0.00917. The first-order chi connectivity index (χ1) is 12.1. The van der Waals surface area contributed by atoms with Crippen molar-refractivity contribution in [3.8, 4) is 0 Å². The first kappa shape index (κ1) is 16.0. The van der Waals surface area contributed by atoms with Gasteiger partial charge in [-0.2, -0.15) is 4.98 Å². The van der Waals surface area contributed by atoms with Gasteiger partial charge in [0, 0.05) is 50.4 Å². The van der Waals surface area contributed by atoms with E-state index in [9.17, 15) is 9.59 Å². The summed E-state index contributed by atoms with van der Waals surface area (Å²) in [6.07, 6.45) is 6.80. The van der Waals surface area contributed by atoms with Crippen molar-refractivity contribution >= 4 is 17.6 Å². The molecular formula is C17H22N6O2. The Kier molecular flexibility index (Phi) is 3.89. The van der Waals surface area contributed by atoms with Crippen LogP contribution in [-0.4, -0.2) is 67.4 Å². The number of carbonyl (C=O) groups is 2. The summed E-state index contributed by atoms with van der Waals surface area (Å²) in [7, 11) is 0. The molecule has 0 aliphatic carbocycles. The number of piperidine rings is 2. The number of fused-ring (bicyclic) bond motifs is 1. The van der Waals surface area contributed by atoms with E-state index in [0.29, 0.717) is 25.3 Å². The second kappa shape index (κ2) is 6.09. The lowest BCUT2D eigenvalue weighted by Gasteiger charge is -2.47. The summed E-state index contributed by atoms with van der Waals surface area (Å²) in [5.41, 5.74) is 0.00917. The Labute approximate surface area is 145 Å². The summed E-state index contributed by atoms with van der Waals surface area (Å²) in [6.45, 7) is 4.86. The van der Waals surface area contributed by atoms with Gasteiger partial charge in [0.1, 0.15) is 0 Å². The van der Waals surface area contributed by atoms with Crippen molar-refractivity contribution in [3.63, 3.8) is 0 Å². The fraction of sp³-hybridized carbons (Fsp3) is 0.588. The molecule has 0 radical (unpaired) electrons. The van der Waals surface area contributed by atoms with E-state index in [1.165, 1.54) is 4.52 Å². The van der Waals surface area contributed by atoms with Crippen molar-refractivity contribution in [2.24, 2.45) is 5.41 Å². The molecule has 8 nitrogen and oxygen atoms in total. The summed E-state index contributed by atoms with van der Waals surface area (Å²) in [4.78, 5) is 37.0. The maximum absolute atomic E-state index is 12.9. The van der Waals surface area contributed by atoms with Gasteiger partial charge < -0.3 is 9.80 Å². The third-order valence-electron chi connectivity index (χ3n) is 5.39. The number of carbonyl (C=O) groups excluding carboxylic acids is 2. The average Bonchev–Trinajstić information content (AvgIpc) is 3.07. The quantitative estimate of drug-likeness (QED) is 0.813. The van der Waals surface area contributed by atoms with Crippen molar-refractivity contribution < 1.29 is 9.59 Å². The molecule has 2 saturated heterocycles. The van der Waals surface area contributed by atoms with Gasteiger partial charge in [-0.1, -0.05) is 0 Å². The predicted molar refractivity (Wildman–Crippen MR) is 89.8 cm³/mol. The van der Waals surface area contributed by atoms with Crippen LogP contribution < -0.4 is 0 Å². The molecule has 0 aromatic carbocycles. The molecule has 1 unspecified atom stereocenters. The molecule has 4 heterocycles. The number of hydrogen-bond acceptors (Lipinski definition) is 5. The Morgan fingerprint density at radius 2 is 2.20 bits per heavy atom. The van der Waals surface area contributed by atoms with Gasteiger partial charge in [-0.3, -0.25) is 9.59 Å². The molecule has 25 heavy (non-hydrogen) atoms. The minimum atomic E-state index is -0.149. The Morgan fingerprint density at radius 1 is 1.32 bits per heavy atom. The Hall–Kier alpha value is -2.51. The van der Waals surface area contributed by atoms with Crippen LogP contribution in [-0.2, 0) is 4.79 Å². The van der Waals surface area contributed by atoms with Gasteiger partial charge in [0.05, 0.1) is 0 Å². The molecule has 0 saturated carbocycles. The summed E-state index contributed by atoms with van der Waals surface area (Å²) in [6, 6.07) is 1.75. The molecule has 0 bridgehead atoms. The topological polar surface area (TPSA) is 83.7 Å². The zero-order chi connectivity index (χ0) is 17.4. The smallest absolute Gasteiger partial charge is 0.293 e. The number of hydrogen-bond donors (Lipinski definition) is 0. The van der Waals surface area contributed by atoms with Gasteiger partial charge in [-0.15, -0.1) is 5.10 Å². The molecule has 2 fully saturated rings. The highest BCUT2D eigenvalue weighted by Crippen LogP contribution is 2.39. The highest BCUT2D eigenvalue weighted by molar-refractivity contribution is 5.91. The maximum atomic E-state index is 12.9. The summed E-state index contributed by atoms with van der Waals surface area (Å²) in [5, 5.41) is 4.25. The fourth-order valence-corrected chi connectivity index (χ4v) is 4.07. The molecule has 1 atom stereocenters. The van der Waals surface area contributed by atoms with E-state index in [0.717, 1.165) is 32.4 Å². The van der Waals surface area contributed by atoms with Crippen LogP contribution in [0.2, 0.25) is 0 Å². The van der Waals surface area contributed by atoms with Crippen LogP contribution in [0.25, 0.3) is 5.78 Å². The van der Waals surface area contributed by atoms with E-state index < -0.39 is 0 Å². The second-order valence-corrected chi connectivity index (χ2v) is 7.04. The third kappa shape index (κ3) is 2.85. The van der Waals surface area contributed by atoms with Crippen LogP contribution in [0.1, 0.15) is 43.2 Å². The lowest BCUT2D eigenvalue weighted by Crippen LogP contribution is -2.55. The van der Waals surface area contributed by atoms with Crippen molar-refractivity contribution in [1.29, 1.82) is 0 Å².